The third-order valence-corrected chi connectivity index (χ3v) is 4.69. The Morgan fingerprint density at radius 3 is 1.44 bits per heavy atom. The first-order valence-corrected chi connectivity index (χ1v) is 11.2. The van der Waals surface area contributed by atoms with E-state index in [0.29, 0.717) is 23.3 Å². The number of allylic oxidation sites excluding steroid dienone is 17. The molecule has 39 heavy (non-hydrogen) atoms. The van der Waals surface area contributed by atoms with Crippen molar-refractivity contribution >= 4 is 0 Å². The van der Waals surface area contributed by atoms with Crippen LogP contribution in [0.1, 0.15) is 13.8 Å². The minimum absolute atomic E-state index is 0.0000804. The highest BCUT2D eigenvalue weighted by Crippen LogP contribution is 2.34. The first-order valence-electron chi connectivity index (χ1n) is 11.2. The van der Waals surface area contributed by atoms with Crippen LogP contribution < -0.4 is 0 Å². The molecule has 0 heterocycles. The van der Waals surface area contributed by atoms with Crippen LogP contribution in [0.3, 0.4) is 0 Å². The summed E-state index contributed by atoms with van der Waals surface area (Å²) in [5.41, 5.74) is -0.243. The number of halogens is 5. The lowest BCUT2D eigenvalue weighted by atomic mass is 10.0. The summed E-state index contributed by atoms with van der Waals surface area (Å²) < 4.78 is 76.8. The summed E-state index contributed by atoms with van der Waals surface area (Å²) in [6.07, 6.45) is 3.88. The van der Waals surface area contributed by atoms with E-state index in [2.05, 4.69) is 70.5 Å². The quantitative estimate of drug-likeness (QED) is 0.107. The van der Waals surface area contributed by atoms with E-state index in [1.54, 1.807) is 26.0 Å². The van der Waals surface area contributed by atoms with E-state index in [9.17, 15) is 22.0 Å². The fourth-order valence-electron chi connectivity index (χ4n) is 2.28. The van der Waals surface area contributed by atoms with E-state index >= 15 is 0 Å². The Morgan fingerprint density at radius 1 is 0.538 bits per heavy atom. The van der Waals surface area contributed by atoms with Crippen LogP contribution in [0.15, 0.2) is 182 Å². The summed E-state index contributed by atoms with van der Waals surface area (Å²) in [5.74, 6) is -4.40. The average Bonchev–Trinajstić information content (AvgIpc) is 2.83. The smallest absolute Gasteiger partial charge is 0.428 e. The number of hydrogen-bond acceptors (Lipinski definition) is 1. The summed E-state index contributed by atoms with van der Waals surface area (Å²) in [5, 5.41) is 0. The molecule has 0 aliphatic heterocycles. The highest BCUT2D eigenvalue weighted by Gasteiger charge is 2.38. The Bertz CT molecular complexity index is 1300. The second-order valence-electron chi connectivity index (χ2n) is 8.46. The van der Waals surface area contributed by atoms with Crippen LogP contribution in [0.5, 0.6) is 0 Å². The van der Waals surface area contributed by atoms with Gasteiger partial charge in [-0.15, -0.1) is 0 Å². The minimum atomic E-state index is -4.30. The second kappa shape index (κ2) is 15.1. The molecule has 0 atom stereocenters. The third kappa shape index (κ3) is 12.1. The summed E-state index contributed by atoms with van der Waals surface area (Å²) in [7, 11) is 0. The van der Waals surface area contributed by atoms with Crippen molar-refractivity contribution in [1.29, 1.82) is 0 Å². The van der Waals surface area contributed by atoms with E-state index in [1.165, 1.54) is 12.2 Å². The molecule has 0 aromatic heterocycles. The predicted molar refractivity (Wildman–Crippen MR) is 155 cm³/mol. The van der Waals surface area contributed by atoms with Crippen molar-refractivity contribution in [2.45, 2.75) is 20.0 Å². The Hall–Kier alpha value is -4.45. The summed E-state index contributed by atoms with van der Waals surface area (Å²) in [6, 6.07) is 0. The fraction of sp³-hybridized carbons (Fsp3) is 0.0909. The van der Waals surface area contributed by atoms with Crippen molar-refractivity contribution in [2.75, 3.05) is 0 Å². The maximum absolute atomic E-state index is 14.6. The van der Waals surface area contributed by atoms with Gasteiger partial charge in [-0.25, -0.2) is 13.2 Å². The van der Waals surface area contributed by atoms with E-state index < -0.39 is 40.5 Å². The molecular weight excluding hydrogens is 507 g/mol. The molecule has 0 radical (unpaired) electrons. The molecule has 0 fully saturated rings. The van der Waals surface area contributed by atoms with Gasteiger partial charge in [0, 0.05) is 17.2 Å². The van der Waals surface area contributed by atoms with E-state index in [-0.39, 0.29) is 27.9 Å². The van der Waals surface area contributed by atoms with Crippen LogP contribution in [0.25, 0.3) is 0 Å². The summed E-state index contributed by atoms with van der Waals surface area (Å²) in [4.78, 5) is 0. The SMILES string of the molecule is C=C(C)/C=C\C(=C)C(=C)/C=C(/F)C(=C)C(F)(F)OC(=C)/C=C(/F)C(=C)C(=C)/C=C(/F)C(=C)C(=C)/C=C\C(=C)C. The molecule has 0 aromatic rings. The van der Waals surface area contributed by atoms with Gasteiger partial charge in [0.2, 0.25) is 0 Å². The van der Waals surface area contributed by atoms with E-state index in [1.807, 2.05) is 0 Å². The Kier molecular flexibility index (Phi) is 13.4. The van der Waals surface area contributed by atoms with Crippen LogP contribution in [0.2, 0.25) is 0 Å². The topological polar surface area (TPSA) is 9.23 Å². The molecule has 0 aromatic carbocycles. The highest BCUT2D eigenvalue weighted by atomic mass is 19.3. The maximum Gasteiger partial charge on any atom is 0.428 e. The van der Waals surface area contributed by atoms with Gasteiger partial charge < -0.3 is 4.74 Å². The van der Waals surface area contributed by atoms with Gasteiger partial charge in [-0.05, 0) is 48.3 Å². The first kappa shape index (κ1) is 34.6. The first-order chi connectivity index (χ1) is 17.8. The molecule has 0 aliphatic rings. The number of ether oxygens (including phenoxy) is 1. The largest absolute Gasteiger partial charge is 0.429 e. The lowest BCUT2D eigenvalue weighted by Crippen LogP contribution is -2.23. The normalized spacial score (nSPS) is 12.7. The van der Waals surface area contributed by atoms with Crippen LogP contribution in [-0.2, 0) is 4.74 Å². The molecule has 0 rings (SSSR count). The monoisotopic (exact) mass is 540 g/mol. The molecule has 0 aliphatic carbocycles. The molecule has 0 bridgehead atoms. The molecule has 6 heteroatoms. The van der Waals surface area contributed by atoms with Crippen molar-refractivity contribution in [1.82, 2.24) is 0 Å². The fourth-order valence-corrected chi connectivity index (χ4v) is 2.28. The number of rotatable bonds is 16. The van der Waals surface area contributed by atoms with Gasteiger partial charge in [0.1, 0.15) is 23.2 Å². The third-order valence-electron chi connectivity index (χ3n) is 4.69. The standard InChI is InChI=1S/C33H33F5O/c1-20(2)13-15-22(5)24(7)17-32(36)29(12)33(37,38)39-26(9)19-31(35)28(11)25(8)18-30(34)27(10)23(6)16-14-21(3)4/h13-19H,1,3,5-12H2,2,4H3/b15-13-,16-14-,30-18+,31-19+,32-17+. The minimum Gasteiger partial charge on any atom is -0.429 e. The molecule has 206 valence electrons. The second-order valence-corrected chi connectivity index (χ2v) is 8.46. The van der Waals surface area contributed by atoms with Gasteiger partial charge in [-0.3, -0.25) is 0 Å². The van der Waals surface area contributed by atoms with Crippen LogP contribution >= 0.6 is 0 Å². The van der Waals surface area contributed by atoms with Gasteiger partial charge in [0.15, 0.2) is 0 Å². The van der Waals surface area contributed by atoms with Crippen molar-refractivity contribution in [3.63, 3.8) is 0 Å². The molecular formula is C33H33F5O. The maximum atomic E-state index is 14.6. The van der Waals surface area contributed by atoms with Gasteiger partial charge >= 0.3 is 6.11 Å². The molecule has 0 amide bonds. The molecule has 0 spiro atoms. The van der Waals surface area contributed by atoms with Gasteiger partial charge in [-0.2, -0.15) is 8.78 Å². The summed E-state index contributed by atoms with van der Waals surface area (Å²) >= 11 is 0. The van der Waals surface area contributed by atoms with Gasteiger partial charge in [0.25, 0.3) is 0 Å². The van der Waals surface area contributed by atoms with Gasteiger partial charge in [0.05, 0.1) is 5.57 Å². The summed E-state index contributed by atoms with van der Waals surface area (Å²) in [6.45, 7) is 38.4. The van der Waals surface area contributed by atoms with Crippen molar-refractivity contribution < 1.29 is 26.7 Å². The zero-order chi connectivity index (χ0) is 30.7. The highest BCUT2D eigenvalue weighted by molar-refractivity contribution is 5.54. The molecule has 0 saturated carbocycles. The number of hydrogen-bond donors (Lipinski definition) is 0. The average molecular weight is 541 g/mol. The van der Waals surface area contributed by atoms with Crippen LogP contribution in [0.4, 0.5) is 22.0 Å². The van der Waals surface area contributed by atoms with E-state index in [0.717, 1.165) is 6.08 Å². The zero-order valence-electron chi connectivity index (χ0n) is 22.4. The van der Waals surface area contributed by atoms with E-state index in [4.69, 9.17) is 0 Å². The number of alkyl halides is 2. The Balaban J connectivity index is 5.52. The van der Waals surface area contributed by atoms with Crippen molar-refractivity contribution in [3.8, 4) is 0 Å². The lowest BCUT2D eigenvalue weighted by molar-refractivity contribution is -0.177. The van der Waals surface area contributed by atoms with Crippen LogP contribution in [0, 0.1) is 0 Å². The molecule has 0 N–H and O–H groups in total. The Labute approximate surface area is 228 Å². The van der Waals surface area contributed by atoms with Crippen molar-refractivity contribution in [2.24, 2.45) is 0 Å². The van der Waals surface area contributed by atoms with Crippen molar-refractivity contribution in [3.05, 3.63) is 182 Å². The molecule has 0 saturated heterocycles. The zero-order valence-corrected chi connectivity index (χ0v) is 22.4. The predicted octanol–water partition coefficient (Wildman–Crippen LogP) is 10.8. The van der Waals surface area contributed by atoms with Gasteiger partial charge in [-0.1, -0.05) is 101 Å². The molecule has 1 nitrogen and oxygen atoms in total. The molecule has 0 unspecified atom stereocenters. The Morgan fingerprint density at radius 2 is 0.949 bits per heavy atom. The lowest BCUT2D eigenvalue weighted by Gasteiger charge is -2.19. The van der Waals surface area contributed by atoms with Crippen LogP contribution in [-0.4, -0.2) is 6.11 Å².